The highest BCUT2D eigenvalue weighted by molar-refractivity contribution is 9.10. The predicted octanol–water partition coefficient (Wildman–Crippen LogP) is 3.07. The Kier molecular flexibility index (Phi) is 2.75. The number of rotatable bonds is 1. The molecule has 70 valence electrons. The van der Waals surface area contributed by atoms with Crippen LogP contribution in [-0.4, -0.2) is 5.78 Å². The molecule has 1 aromatic carbocycles. The van der Waals surface area contributed by atoms with E-state index < -0.39 is 28.8 Å². The number of carbonyl (C=O) groups excluding carboxylic acids is 1. The molecule has 0 aliphatic heterocycles. The highest BCUT2D eigenvalue weighted by atomic mass is 79.9. The SMILES string of the molecule is CC(=O)c1cc(Br)c(F)c(F)c1F. The maximum atomic E-state index is 12.8. The van der Waals surface area contributed by atoms with Crippen LogP contribution in [0.1, 0.15) is 17.3 Å². The van der Waals surface area contributed by atoms with E-state index in [2.05, 4.69) is 15.9 Å². The molecule has 1 nitrogen and oxygen atoms in total. The van der Waals surface area contributed by atoms with Gasteiger partial charge < -0.3 is 0 Å². The van der Waals surface area contributed by atoms with Crippen LogP contribution in [0, 0.1) is 17.5 Å². The van der Waals surface area contributed by atoms with Crippen LogP contribution in [-0.2, 0) is 0 Å². The first kappa shape index (κ1) is 10.2. The largest absolute Gasteiger partial charge is 0.294 e. The van der Waals surface area contributed by atoms with Crippen LogP contribution in [0.3, 0.4) is 0 Å². The summed E-state index contributed by atoms with van der Waals surface area (Å²) in [5.41, 5.74) is -0.467. The van der Waals surface area contributed by atoms with Gasteiger partial charge in [-0.15, -0.1) is 0 Å². The summed E-state index contributed by atoms with van der Waals surface area (Å²) in [6, 6.07) is 0.913. The predicted molar refractivity (Wildman–Crippen MR) is 44.0 cm³/mol. The molecule has 0 heterocycles. The first-order valence-electron chi connectivity index (χ1n) is 3.29. The van der Waals surface area contributed by atoms with Gasteiger partial charge in [0, 0.05) is 0 Å². The number of halogens is 4. The lowest BCUT2D eigenvalue weighted by molar-refractivity contribution is 0.101. The Bertz CT molecular complexity index is 376. The zero-order valence-electron chi connectivity index (χ0n) is 6.50. The van der Waals surface area contributed by atoms with Crippen LogP contribution in [0.15, 0.2) is 10.5 Å². The number of ketones is 1. The molecule has 0 N–H and O–H groups in total. The van der Waals surface area contributed by atoms with Gasteiger partial charge in [0.1, 0.15) is 0 Å². The van der Waals surface area contributed by atoms with Gasteiger partial charge in [0.25, 0.3) is 0 Å². The molecule has 0 saturated carbocycles. The van der Waals surface area contributed by atoms with Crippen molar-refractivity contribution in [3.05, 3.63) is 33.6 Å². The van der Waals surface area contributed by atoms with Crippen LogP contribution >= 0.6 is 15.9 Å². The Morgan fingerprint density at radius 2 is 1.77 bits per heavy atom. The molecular weight excluding hydrogens is 249 g/mol. The van der Waals surface area contributed by atoms with Gasteiger partial charge in [-0.1, -0.05) is 0 Å². The standard InChI is InChI=1S/C8H4BrF3O/c1-3(13)4-2-5(9)7(11)8(12)6(4)10/h2H,1H3. The molecule has 0 aliphatic rings. The normalized spacial score (nSPS) is 10.2. The number of Topliss-reactive ketones (excluding diaryl/α,β-unsaturated/α-hetero) is 1. The molecule has 1 rings (SSSR count). The van der Waals surface area contributed by atoms with Gasteiger partial charge in [-0.05, 0) is 28.9 Å². The maximum absolute atomic E-state index is 12.8. The second-order valence-corrected chi connectivity index (χ2v) is 3.26. The summed E-state index contributed by atoms with van der Waals surface area (Å²) in [4.78, 5) is 10.7. The van der Waals surface area contributed by atoms with Crippen molar-refractivity contribution in [2.75, 3.05) is 0 Å². The van der Waals surface area contributed by atoms with Crippen molar-refractivity contribution < 1.29 is 18.0 Å². The van der Waals surface area contributed by atoms with Crippen molar-refractivity contribution in [3.63, 3.8) is 0 Å². The average molecular weight is 253 g/mol. The molecular formula is C8H4BrF3O. The molecule has 0 unspecified atom stereocenters. The van der Waals surface area contributed by atoms with Crippen molar-refractivity contribution >= 4 is 21.7 Å². The Labute approximate surface area is 80.7 Å². The first-order valence-corrected chi connectivity index (χ1v) is 4.08. The van der Waals surface area contributed by atoms with E-state index in [-0.39, 0.29) is 4.47 Å². The second-order valence-electron chi connectivity index (χ2n) is 2.40. The van der Waals surface area contributed by atoms with Crippen LogP contribution in [0.4, 0.5) is 13.2 Å². The summed E-state index contributed by atoms with van der Waals surface area (Å²) in [6.45, 7) is 1.07. The van der Waals surface area contributed by atoms with E-state index in [0.717, 1.165) is 13.0 Å². The molecule has 0 aromatic heterocycles. The van der Waals surface area contributed by atoms with E-state index in [1.165, 1.54) is 0 Å². The highest BCUT2D eigenvalue weighted by Crippen LogP contribution is 2.23. The van der Waals surface area contributed by atoms with E-state index in [1.54, 1.807) is 0 Å². The summed E-state index contributed by atoms with van der Waals surface area (Å²) in [7, 11) is 0. The minimum Gasteiger partial charge on any atom is -0.294 e. The van der Waals surface area contributed by atoms with E-state index in [0.29, 0.717) is 0 Å². The fraction of sp³-hybridized carbons (Fsp3) is 0.125. The molecule has 0 aliphatic carbocycles. The summed E-state index contributed by atoms with van der Waals surface area (Å²) < 4.78 is 37.9. The number of hydrogen-bond acceptors (Lipinski definition) is 1. The van der Waals surface area contributed by atoms with Gasteiger partial charge in [0.15, 0.2) is 23.2 Å². The quantitative estimate of drug-likeness (QED) is 0.427. The van der Waals surface area contributed by atoms with E-state index in [4.69, 9.17) is 0 Å². The minimum atomic E-state index is -1.64. The second kappa shape index (κ2) is 3.49. The molecule has 0 saturated heterocycles. The van der Waals surface area contributed by atoms with Crippen LogP contribution in [0.2, 0.25) is 0 Å². The molecule has 0 spiro atoms. The molecule has 0 atom stereocenters. The Balaban J connectivity index is 3.50. The third kappa shape index (κ3) is 1.75. The topological polar surface area (TPSA) is 17.1 Å². The molecule has 1 aromatic rings. The summed E-state index contributed by atoms with van der Waals surface area (Å²) in [5.74, 6) is -5.08. The lowest BCUT2D eigenvalue weighted by Gasteiger charge is -2.02. The van der Waals surface area contributed by atoms with Crippen molar-refractivity contribution in [2.24, 2.45) is 0 Å². The summed E-state index contributed by atoms with van der Waals surface area (Å²) in [5, 5.41) is 0. The van der Waals surface area contributed by atoms with Crippen LogP contribution in [0.5, 0.6) is 0 Å². The van der Waals surface area contributed by atoms with Gasteiger partial charge in [-0.3, -0.25) is 4.79 Å². The highest BCUT2D eigenvalue weighted by Gasteiger charge is 2.19. The molecule has 0 fully saturated rings. The number of benzene rings is 1. The van der Waals surface area contributed by atoms with Crippen molar-refractivity contribution in [3.8, 4) is 0 Å². The van der Waals surface area contributed by atoms with E-state index >= 15 is 0 Å². The lowest BCUT2D eigenvalue weighted by atomic mass is 10.1. The van der Waals surface area contributed by atoms with Crippen LogP contribution in [0.25, 0.3) is 0 Å². The zero-order chi connectivity index (χ0) is 10.2. The summed E-state index contributed by atoms with van der Waals surface area (Å²) >= 11 is 2.67. The Morgan fingerprint density at radius 3 is 2.23 bits per heavy atom. The molecule has 13 heavy (non-hydrogen) atoms. The molecule has 0 amide bonds. The lowest BCUT2D eigenvalue weighted by Crippen LogP contribution is -2.03. The Morgan fingerprint density at radius 1 is 1.23 bits per heavy atom. The van der Waals surface area contributed by atoms with Gasteiger partial charge >= 0.3 is 0 Å². The van der Waals surface area contributed by atoms with Gasteiger partial charge in [0.05, 0.1) is 10.0 Å². The molecule has 0 radical (unpaired) electrons. The first-order chi connectivity index (χ1) is 5.95. The minimum absolute atomic E-state index is 0.267. The fourth-order valence-electron chi connectivity index (χ4n) is 0.829. The van der Waals surface area contributed by atoms with E-state index in [1.807, 2.05) is 0 Å². The van der Waals surface area contributed by atoms with E-state index in [9.17, 15) is 18.0 Å². The van der Waals surface area contributed by atoms with Crippen molar-refractivity contribution in [2.45, 2.75) is 6.92 Å². The maximum Gasteiger partial charge on any atom is 0.196 e. The van der Waals surface area contributed by atoms with Crippen molar-refractivity contribution in [1.29, 1.82) is 0 Å². The fourth-order valence-corrected chi connectivity index (χ4v) is 1.23. The number of hydrogen-bond donors (Lipinski definition) is 0. The smallest absolute Gasteiger partial charge is 0.196 e. The summed E-state index contributed by atoms with van der Waals surface area (Å²) in [6.07, 6.45) is 0. The monoisotopic (exact) mass is 252 g/mol. The Hall–Kier alpha value is -0.840. The van der Waals surface area contributed by atoms with Crippen LogP contribution < -0.4 is 0 Å². The van der Waals surface area contributed by atoms with Gasteiger partial charge in [0.2, 0.25) is 0 Å². The third-order valence-electron chi connectivity index (χ3n) is 1.48. The molecule has 5 heteroatoms. The average Bonchev–Trinajstić information content (AvgIpc) is 2.07. The number of carbonyl (C=O) groups is 1. The zero-order valence-corrected chi connectivity index (χ0v) is 8.08. The van der Waals surface area contributed by atoms with Crippen molar-refractivity contribution in [1.82, 2.24) is 0 Å². The molecule has 0 bridgehead atoms. The van der Waals surface area contributed by atoms with Gasteiger partial charge in [-0.2, -0.15) is 0 Å². The third-order valence-corrected chi connectivity index (χ3v) is 2.06. The van der Waals surface area contributed by atoms with Gasteiger partial charge in [-0.25, -0.2) is 13.2 Å².